The van der Waals surface area contributed by atoms with Crippen LogP contribution in [0.4, 0.5) is 5.82 Å². The Morgan fingerprint density at radius 3 is 2.35 bits per heavy atom. The molecule has 0 saturated heterocycles. The Bertz CT molecular complexity index is 873. The summed E-state index contributed by atoms with van der Waals surface area (Å²) in [6.45, 7) is 1.84. The van der Waals surface area contributed by atoms with Gasteiger partial charge in [-0.15, -0.1) is 0 Å². The van der Waals surface area contributed by atoms with E-state index in [1.165, 1.54) is 0 Å². The third-order valence-corrected chi connectivity index (χ3v) is 3.89. The maximum atomic E-state index is 12.0. The van der Waals surface area contributed by atoms with Crippen LogP contribution in [0, 0.1) is 0 Å². The molecule has 0 atom stereocenters. The van der Waals surface area contributed by atoms with Crippen LogP contribution in [0.1, 0.15) is 33.2 Å². The number of nitrogens with two attached hydrogens (primary N) is 1. The van der Waals surface area contributed by atoms with Gasteiger partial charge >= 0.3 is 11.9 Å². The number of rotatable bonds is 4. The van der Waals surface area contributed by atoms with Crippen LogP contribution >= 0.6 is 15.9 Å². The molecule has 1 heterocycles. The number of halogens is 1. The molecule has 5 N–H and O–H groups in total. The average Bonchev–Trinajstić information content (AvgIpc) is 2.45. The molecule has 0 aliphatic rings. The zero-order valence-electron chi connectivity index (χ0n) is 12.0. The van der Waals surface area contributed by atoms with Gasteiger partial charge in [-0.2, -0.15) is 0 Å². The van der Waals surface area contributed by atoms with E-state index in [2.05, 4.69) is 20.9 Å². The number of H-pyrrole nitrogens is 1. The van der Waals surface area contributed by atoms with Crippen molar-refractivity contribution in [3.05, 3.63) is 49.7 Å². The Morgan fingerprint density at radius 2 is 1.83 bits per heavy atom. The summed E-state index contributed by atoms with van der Waals surface area (Å²) in [4.78, 5) is 37.2. The predicted molar refractivity (Wildman–Crippen MR) is 87.9 cm³/mol. The van der Waals surface area contributed by atoms with E-state index in [9.17, 15) is 24.6 Å². The fourth-order valence-electron chi connectivity index (χ4n) is 2.41. The molecule has 8 heteroatoms. The number of hydrogen-bond donors (Lipinski definition) is 4. The number of aromatic carboxylic acids is 2. The first-order valence-electron chi connectivity index (χ1n) is 6.59. The van der Waals surface area contributed by atoms with E-state index in [4.69, 9.17) is 5.73 Å². The lowest BCUT2D eigenvalue weighted by atomic mass is 9.91. The largest absolute Gasteiger partial charge is 0.478 e. The molecule has 0 fully saturated rings. The van der Waals surface area contributed by atoms with Gasteiger partial charge < -0.3 is 20.9 Å². The minimum absolute atomic E-state index is 0.190. The molecule has 0 amide bonds. The molecule has 0 aliphatic heterocycles. The number of aryl methyl sites for hydroxylation is 1. The van der Waals surface area contributed by atoms with E-state index in [0.717, 1.165) is 0 Å². The molecule has 0 aliphatic carbocycles. The Morgan fingerprint density at radius 1 is 1.22 bits per heavy atom. The van der Waals surface area contributed by atoms with Crippen molar-refractivity contribution in [1.82, 2.24) is 4.98 Å². The second kappa shape index (κ2) is 6.25. The number of anilines is 1. The van der Waals surface area contributed by atoms with E-state index in [1.807, 2.05) is 6.92 Å². The summed E-state index contributed by atoms with van der Waals surface area (Å²) in [7, 11) is 0. The first-order valence-corrected chi connectivity index (χ1v) is 7.38. The van der Waals surface area contributed by atoms with Crippen molar-refractivity contribution >= 4 is 33.7 Å². The summed E-state index contributed by atoms with van der Waals surface area (Å²) < 4.78 is 0.622. The Balaban J connectivity index is 3.06. The zero-order valence-corrected chi connectivity index (χ0v) is 13.6. The Labute approximate surface area is 138 Å². The van der Waals surface area contributed by atoms with Gasteiger partial charge in [0.05, 0.1) is 0 Å². The minimum Gasteiger partial charge on any atom is -0.478 e. The molecule has 23 heavy (non-hydrogen) atoms. The smallest absolute Gasteiger partial charge is 0.342 e. The SMILES string of the molecule is CCc1ccc(Br)cc1-c1c(C(=O)O)c(N)[nH]c(=O)c1C(=O)O. The molecule has 1 aromatic carbocycles. The third-order valence-electron chi connectivity index (χ3n) is 3.39. The van der Waals surface area contributed by atoms with Crippen LogP contribution in [-0.4, -0.2) is 27.1 Å². The lowest BCUT2D eigenvalue weighted by molar-refractivity contribution is 0.0695. The van der Waals surface area contributed by atoms with Crippen molar-refractivity contribution in [2.45, 2.75) is 13.3 Å². The lowest BCUT2D eigenvalue weighted by Gasteiger charge is -2.15. The first-order chi connectivity index (χ1) is 10.8. The van der Waals surface area contributed by atoms with Gasteiger partial charge in [-0.1, -0.05) is 28.9 Å². The van der Waals surface area contributed by atoms with Gasteiger partial charge in [-0.05, 0) is 29.7 Å². The highest BCUT2D eigenvalue weighted by molar-refractivity contribution is 9.10. The van der Waals surface area contributed by atoms with Gasteiger partial charge in [-0.3, -0.25) is 4.79 Å². The van der Waals surface area contributed by atoms with Crippen LogP contribution in [0.15, 0.2) is 27.5 Å². The summed E-state index contributed by atoms with van der Waals surface area (Å²) in [5.41, 5.74) is 4.44. The van der Waals surface area contributed by atoms with E-state index < -0.39 is 28.6 Å². The van der Waals surface area contributed by atoms with Crippen molar-refractivity contribution in [2.75, 3.05) is 5.73 Å². The van der Waals surface area contributed by atoms with Gasteiger partial charge in [0, 0.05) is 10.0 Å². The molecule has 7 nitrogen and oxygen atoms in total. The van der Waals surface area contributed by atoms with Crippen molar-refractivity contribution < 1.29 is 19.8 Å². The number of hydrogen-bond acceptors (Lipinski definition) is 4. The van der Waals surface area contributed by atoms with E-state index in [0.29, 0.717) is 22.0 Å². The number of nitrogen functional groups attached to an aromatic ring is 1. The molecule has 1 aromatic heterocycles. The van der Waals surface area contributed by atoms with Crippen molar-refractivity contribution in [3.8, 4) is 11.1 Å². The average molecular weight is 381 g/mol. The number of benzene rings is 1. The molecule has 0 radical (unpaired) electrons. The van der Waals surface area contributed by atoms with Crippen molar-refractivity contribution in [2.24, 2.45) is 0 Å². The van der Waals surface area contributed by atoms with E-state index in [-0.39, 0.29) is 11.4 Å². The molecular formula is C15H13BrN2O5. The fourth-order valence-corrected chi connectivity index (χ4v) is 2.77. The number of carbonyl (C=O) groups is 2. The number of carboxylic acids is 2. The maximum Gasteiger partial charge on any atom is 0.342 e. The molecule has 120 valence electrons. The fraction of sp³-hybridized carbons (Fsp3) is 0.133. The highest BCUT2D eigenvalue weighted by atomic mass is 79.9. The number of aromatic amines is 1. The number of carboxylic acid groups (broad SMARTS) is 2. The normalized spacial score (nSPS) is 10.5. The Hall–Kier alpha value is -2.61. The maximum absolute atomic E-state index is 12.0. The number of aromatic nitrogens is 1. The number of nitrogens with one attached hydrogen (secondary N) is 1. The summed E-state index contributed by atoms with van der Waals surface area (Å²) in [6.07, 6.45) is 0.521. The second-order valence-electron chi connectivity index (χ2n) is 4.76. The topological polar surface area (TPSA) is 133 Å². The molecule has 0 spiro atoms. The second-order valence-corrected chi connectivity index (χ2v) is 5.67. The van der Waals surface area contributed by atoms with Crippen LogP contribution in [0.25, 0.3) is 11.1 Å². The molecule has 2 rings (SSSR count). The number of pyridine rings is 1. The lowest BCUT2D eigenvalue weighted by Crippen LogP contribution is -2.24. The summed E-state index contributed by atoms with van der Waals surface area (Å²) >= 11 is 3.27. The van der Waals surface area contributed by atoms with Crippen LogP contribution < -0.4 is 11.3 Å². The third kappa shape index (κ3) is 2.98. The molecule has 0 unspecified atom stereocenters. The summed E-state index contributed by atoms with van der Waals surface area (Å²) in [5.74, 6) is -3.33. The van der Waals surface area contributed by atoms with Gasteiger partial charge in [0.25, 0.3) is 5.56 Å². The quantitative estimate of drug-likeness (QED) is 0.643. The highest BCUT2D eigenvalue weighted by Crippen LogP contribution is 2.33. The molecule has 0 bridgehead atoms. The molecule has 0 saturated carbocycles. The van der Waals surface area contributed by atoms with Crippen molar-refractivity contribution in [1.29, 1.82) is 0 Å². The zero-order chi connectivity index (χ0) is 17.3. The summed E-state index contributed by atoms with van der Waals surface area (Å²) in [5, 5.41) is 18.8. The monoisotopic (exact) mass is 380 g/mol. The molecule has 2 aromatic rings. The van der Waals surface area contributed by atoms with Crippen LogP contribution in [0.3, 0.4) is 0 Å². The van der Waals surface area contributed by atoms with E-state index >= 15 is 0 Å². The highest BCUT2D eigenvalue weighted by Gasteiger charge is 2.27. The Kier molecular flexibility index (Phi) is 4.55. The molecular weight excluding hydrogens is 368 g/mol. The van der Waals surface area contributed by atoms with Gasteiger partial charge in [-0.25, -0.2) is 9.59 Å². The predicted octanol–water partition coefficient (Wildman–Crippen LogP) is 2.35. The van der Waals surface area contributed by atoms with E-state index in [1.54, 1.807) is 18.2 Å². The van der Waals surface area contributed by atoms with Crippen LogP contribution in [0.5, 0.6) is 0 Å². The van der Waals surface area contributed by atoms with Crippen LogP contribution in [-0.2, 0) is 6.42 Å². The van der Waals surface area contributed by atoms with Gasteiger partial charge in [0.2, 0.25) is 0 Å². The summed E-state index contributed by atoms with van der Waals surface area (Å²) in [6, 6.07) is 5.06. The van der Waals surface area contributed by atoms with Crippen LogP contribution in [0.2, 0.25) is 0 Å². The van der Waals surface area contributed by atoms with Gasteiger partial charge in [0.1, 0.15) is 16.9 Å². The standard InChI is InChI=1S/C15H13BrN2O5/c1-2-6-3-4-7(16)5-8(6)9-10(14(20)21)12(17)18-13(19)11(9)15(22)23/h3-5H,2H2,1H3,(H,20,21)(H,22,23)(H3,17,18,19). The van der Waals surface area contributed by atoms with Gasteiger partial charge in [0.15, 0.2) is 0 Å². The minimum atomic E-state index is -1.52. The van der Waals surface area contributed by atoms with Crippen molar-refractivity contribution in [3.63, 3.8) is 0 Å². The first kappa shape index (κ1) is 16.8.